The molecule has 0 N–H and O–H groups in total. The Labute approximate surface area is 130 Å². The molecular formula is C14H14BrClN4. The number of nitrogens with zero attached hydrogens (tertiary/aromatic N) is 4. The fraction of sp³-hybridized carbons (Fsp3) is 0.286. The molecule has 0 aliphatic rings. The zero-order valence-electron chi connectivity index (χ0n) is 10.8. The summed E-state index contributed by atoms with van der Waals surface area (Å²) in [7, 11) is 0. The van der Waals surface area contributed by atoms with Gasteiger partial charge in [-0.3, -0.25) is 4.68 Å². The lowest BCUT2D eigenvalue weighted by atomic mass is 10.3. The van der Waals surface area contributed by atoms with Crippen LogP contribution in [0.1, 0.15) is 5.82 Å². The van der Waals surface area contributed by atoms with Crippen molar-refractivity contribution in [3.8, 4) is 0 Å². The van der Waals surface area contributed by atoms with E-state index >= 15 is 0 Å². The summed E-state index contributed by atoms with van der Waals surface area (Å²) in [5, 5.41) is 4.24. The summed E-state index contributed by atoms with van der Waals surface area (Å²) < 4.78 is 5.21. The summed E-state index contributed by atoms with van der Waals surface area (Å²) in [5.74, 6) is 1.60. The molecule has 0 bridgehead atoms. The van der Waals surface area contributed by atoms with E-state index in [0.29, 0.717) is 5.88 Å². The standard InChI is InChI=1S/C14H14BrClN4/c15-11-2-3-12-13(10-11)20(14(18-12)4-5-16)9-8-19-7-1-6-17-19/h1-3,6-7,10H,4-5,8-9H2. The van der Waals surface area contributed by atoms with Crippen LogP contribution in [0.2, 0.25) is 0 Å². The van der Waals surface area contributed by atoms with Crippen molar-refractivity contribution in [3.05, 3.63) is 47.0 Å². The number of aromatic nitrogens is 4. The van der Waals surface area contributed by atoms with Gasteiger partial charge >= 0.3 is 0 Å². The molecule has 0 unspecified atom stereocenters. The molecule has 3 aromatic rings. The highest BCUT2D eigenvalue weighted by atomic mass is 79.9. The Morgan fingerprint density at radius 1 is 1.25 bits per heavy atom. The van der Waals surface area contributed by atoms with Gasteiger partial charge in [0.25, 0.3) is 0 Å². The van der Waals surface area contributed by atoms with E-state index in [-0.39, 0.29) is 0 Å². The average molecular weight is 354 g/mol. The normalized spacial score (nSPS) is 11.3. The Kier molecular flexibility index (Phi) is 4.08. The number of benzene rings is 1. The summed E-state index contributed by atoms with van der Waals surface area (Å²) in [5.41, 5.74) is 2.14. The Bertz CT molecular complexity index is 705. The van der Waals surface area contributed by atoms with Crippen LogP contribution >= 0.6 is 27.5 Å². The van der Waals surface area contributed by atoms with Crippen LogP contribution in [-0.2, 0) is 19.5 Å². The van der Waals surface area contributed by atoms with Gasteiger partial charge in [-0.15, -0.1) is 11.6 Å². The van der Waals surface area contributed by atoms with Crippen molar-refractivity contribution in [1.29, 1.82) is 0 Å². The van der Waals surface area contributed by atoms with E-state index in [1.807, 2.05) is 29.1 Å². The van der Waals surface area contributed by atoms with Crippen LogP contribution in [-0.4, -0.2) is 25.2 Å². The molecule has 104 valence electrons. The third-order valence-electron chi connectivity index (χ3n) is 3.22. The van der Waals surface area contributed by atoms with Gasteiger partial charge in [-0.25, -0.2) is 4.98 Å². The highest BCUT2D eigenvalue weighted by Crippen LogP contribution is 2.21. The lowest BCUT2D eigenvalue weighted by molar-refractivity contribution is 0.530. The minimum atomic E-state index is 0.576. The second-order valence-electron chi connectivity index (χ2n) is 4.52. The molecule has 0 atom stereocenters. The lowest BCUT2D eigenvalue weighted by Gasteiger charge is -2.09. The highest BCUT2D eigenvalue weighted by molar-refractivity contribution is 9.10. The molecule has 0 fully saturated rings. The summed E-state index contributed by atoms with van der Waals surface area (Å²) in [4.78, 5) is 4.67. The maximum absolute atomic E-state index is 5.89. The zero-order valence-corrected chi connectivity index (χ0v) is 13.2. The summed E-state index contributed by atoms with van der Waals surface area (Å²) in [6.45, 7) is 1.65. The highest BCUT2D eigenvalue weighted by Gasteiger charge is 2.10. The molecule has 0 saturated carbocycles. The number of rotatable bonds is 5. The van der Waals surface area contributed by atoms with E-state index in [0.717, 1.165) is 40.8 Å². The van der Waals surface area contributed by atoms with Crippen molar-refractivity contribution in [2.45, 2.75) is 19.5 Å². The van der Waals surface area contributed by atoms with Crippen molar-refractivity contribution < 1.29 is 0 Å². The van der Waals surface area contributed by atoms with Crippen LogP contribution in [0, 0.1) is 0 Å². The van der Waals surface area contributed by atoms with Crippen LogP contribution in [0.3, 0.4) is 0 Å². The first kappa shape index (κ1) is 13.6. The smallest absolute Gasteiger partial charge is 0.111 e. The molecule has 4 nitrogen and oxygen atoms in total. The van der Waals surface area contributed by atoms with E-state index < -0.39 is 0 Å². The number of hydrogen-bond acceptors (Lipinski definition) is 2. The van der Waals surface area contributed by atoms with Gasteiger partial charge in [0.1, 0.15) is 5.82 Å². The van der Waals surface area contributed by atoms with Crippen molar-refractivity contribution >= 4 is 38.6 Å². The molecule has 0 saturated heterocycles. The van der Waals surface area contributed by atoms with Gasteiger partial charge in [-0.2, -0.15) is 5.10 Å². The topological polar surface area (TPSA) is 35.6 Å². The van der Waals surface area contributed by atoms with Crippen molar-refractivity contribution in [3.63, 3.8) is 0 Å². The predicted molar refractivity (Wildman–Crippen MR) is 84.1 cm³/mol. The molecule has 0 spiro atoms. The van der Waals surface area contributed by atoms with E-state index in [2.05, 4.69) is 36.6 Å². The van der Waals surface area contributed by atoms with Gasteiger partial charge in [-0.05, 0) is 24.3 Å². The van der Waals surface area contributed by atoms with Gasteiger partial charge in [0.15, 0.2) is 0 Å². The number of aryl methyl sites for hydroxylation is 3. The SMILES string of the molecule is ClCCc1nc2ccc(Br)cc2n1CCn1cccn1. The van der Waals surface area contributed by atoms with Gasteiger partial charge in [0.2, 0.25) is 0 Å². The third-order valence-corrected chi connectivity index (χ3v) is 3.90. The van der Waals surface area contributed by atoms with Gasteiger partial charge < -0.3 is 4.57 Å². The van der Waals surface area contributed by atoms with Crippen LogP contribution in [0.4, 0.5) is 0 Å². The van der Waals surface area contributed by atoms with Crippen LogP contribution < -0.4 is 0 Å². The number of alkyl halides is 1. The first-order valence-corrected chi connectivity index (χ1v) is 7.79. The molecule has 0 aliphatic heterocycles. The molecule has 2 aromatic heterocycles. The van der Waals surface area contributed by atoms with Crippen LogP contribution in [0.25, 0.3) is 11.0 Å². The van der Waals surface area contributed by atoms with Gasteiger partial charge in [-0.1, -0.05) is 15.9 Å². The molecule has 3 rings (SSSR count). The summed E-state index contributed by atoms with van der Waals surface area (Å²) in [6.07, 6.45) is 4.53. The van der Waals surface area contributed by atoms with E-state index in [9.17, 15) is 0 Å². The molecule has 0 amide bonds. The molecule has 0 aliphatic carbocycles. The quantitative estimate of drug-likeness (QED) is 0.658. The Morgan fingerprint density at radius 3 is 2.90 bits per heavy atom. The molecule has 20 heavy (non-hydrogen) atoms. The molecule has 1 aromatic carbocycles. The minimum absolute atomic E-state index is 0.576. The number of hydrogen-bond donors (Lipinski definition) is 0. The first-order chi connectivity index (χ1) is 9.78. The number of imidazole rings is 1. The van der Waals surface area contributed by atoms with Crippen LogP contribution in [0.5, 0.6) is 0 Å². The maximum Gasteiger partial charge on any atom is 0.111 e. The van der Waals surface area contributed by atoms with E-state index in [4.69, 9.17) is 11.6 Å². The number of halogens is 2. The Hall–Kier alpha value is -1.33. The minimum Gasteiger partial charge on any atom is -0.326 e. The fourth-order valence-corrected chi connectivity index (χ4v) is 2.82. The summed E-state index contributed by atoms with van der Waals surface area (Å²) >= 11 is 9.41. The van der Waals surface area contributed by atoms with Crippen molar-refractivity contribution in [2.24, 2.45) is 0 Å². The average Bonchev–Trinajstić information content (AvgIpc) is 3.04. The second-order valence-corrected chi connectivity index (χ2v) is 5.81. The molecule has 0 radical (unpaired) electrons. The van der Waals surface area contributed by atoms with E-state index in [1.165, 1.54) is 0 Å². The maximum atomic E-state index is 5.89. The van der Waals surface area contributed by atoms with Gasteiger partial charge in [0.05, 0.1) is 17.6 Å². The Balaban J connectivity index is 1.96. The molecule has 2 heterocycles. The summed E-state index contributed by atoms with van der Waals surface area (Å²) in [6, 6.07) is 8.07. The fourth-order valence-electron chi connectivity index (χ4n) is 2.31. The van der Waals surface area contributed by atoms with E-state index in [1.54, 1.807) is 6.20 Å². The lowest BCUT2D eigenvalue weighted by Crippen LogP contribution is -2.11. The van der Waals surface area contributed by atoms with Crippen molar-refractivity contribution in [1.82, 2.24) is 19.3 Å². The molecule has 6 heteroatoms. The number of fused-ring (bicyclic) bond motifs is 1. The van der Waals surface area contributed by atoms with Gasteiger partial charge in [0, 0.05) is 35.7 Å². The van der Waals surface area contributed by atoms with Crippen molar-refractivity contribution in [2.75, 3.05) is 5.88 Å². The zero-order chi connectivity index (χ0) is 13.9. The molecular weight excluding hydrogens is 340 g/mol. The first-order valence-electron chi connectivity index (χ1n) is 6.46. The third kappa shape index (κ3) is 2.74. The predicted octanol–water partition coefficient (Wildman–Crippen LogP) is 3.48. The van der Waals surface area contributed by atoms with Crippen LogP contribution in [0.15, 0.2) is 41.1 Å². The monoisotopic (exact) mass is 352 g/mol. The Morgan fingerprint density at radius 2 is 2.15 bits per heavy atom. The second kappa shape index (κ2) is 5.97. The largest absolute Gasteiger partial charge is 0.326 e.